The number of halogens is 3. The zero-order valence-electron chi connectivity index (χ0n) is 23.0. The van der Waals surface area contributed by atoms with E-state index in [2.05, 4.69) is 0 Å². The van der Waals surface area contributed by atoms with Crippen molar-refractivity contribution in [1.82, 2.24) is 15.5 Å². The third kappa shape index (κ3) is 4.08. The number of alkyl halides is 2. The Labute approximate surface area is 196 Å². The molecule has 0 aromatic heterocycles. The fraction of sp³-hybridized carbons (Fsp3) is 0.273. The van der Waals surface area contributed by atoms with Crippen LogP contribution in [0, 0.1) is 0 Å². The van der Waals surface area contributed by atoms with Crippen molar-refractivity contribution in [2.45, 2.75) is 37.8 Å². The third-order valence-corrected chi connectivity index (χ3v) is 5.06. The van der Waals surface area contributed by atoms with Gasteiger partial charge in [0.05, 0.1) is 8.22 Å². The molecule has 1 atom stereocenters. The number of piperidine rings is 1. The quantitative estimate of drug-likeness (QED) is 0.659. The van der Waals surface area contributed by atoms with E-state index in [0.717, 1.165) is 24.3 Å². The number of rotatable bonds is 5. The Morgan fingerprint density at radius 2 is 2.06 bits per heavy atom. The van der Waals surface area contributed by atoms with Crippen LogP contribution in [0.3, 0.4) is 0 Å². The highest BCUT2D eigenvalue weighted by atomic mass is 35.5. The minimum Gasteiger partial charge on any atom is -0.346 e. The summed E-state index contributed by atoms with van der Waals surface area (Å²) in [7, 11) is 0. The van der Waals surface area contributed by atoms with Gasteiger partial charge in [0, 0.05) is 35.6 Å². The lowest BCUT2D eigenvalue weighted by atomic mass is 10.0. The van der Waals surface area contributed by atoms with Gasteiger partial charge in [-0.15, -0.1) is 0 Å². The molecule has 2 heterocycles. The summed E-state index contributed by atoms with van der Waals surface area (Å²) in [5.74, 6) is -9.55. The minimum atomic E-state index is -4.41. The summed E-state index contributed by atoms with van der Waals surface area (Å²) in [6, 6.07) is 0.905. The second kappa shape index (κ2) is 8.31. The van der Waals surface area contributed by atoms with E-state index in [4.69, 9.17) is 21.2 Å². The number of nitrogens with zero attached hydrogens (tertiary/aromatic N) is 1. The van der Waals surface area contributed by atoms with Crippen molar-refractivity contribution in [1.29, 1.82) is 0 Å². The van der Waals surface area contributed by atoms with E-state index in [9.17, 15) is 28.0 Å². The third-order valence-electron chi connectivity index (χ3n) is 4.81. The van der Waals surface area contributed by atoms with Gasteiger partial charge in [0.25, 0.3) is 11.8 Å². The Kier molecular flexibility index (Phi) is 3.81. The highest BCUT2D eigenvalue weighted by Crippen LogP contribution is 2.30. The van der Waals surface area contributed by atoms with Gasteiger partial charge < -0.3 is 10.2 Å². The Bertz CT molecular complexity index is 1430. The summed E-state index contributed by atoms with van der Waals surface area (Å²) >= 11 is 5.67. The van der Waals surface area contributed by atoms with Gasteiger partial charge in [-0.3, -0.25) is 24.5 Å². The normalized spacial score (nSPS) is 23.6. The van der Waals surface area contributed by atoms with Crippen LogP contribution in [0.15, 0.2) is 42.4 Å². The highest BCUT2D eigenvalue weighted by molar-refractivity contribution is 6.30. The molecular weight excluding hydrogens is 444 g/mol. The molecule has 1 fully saturated rings. The van der Waals surface area contributed by atoms with Crippen LogP contribution in [0.5, 0.6) is 0 Å². The average molecular weight is 469 g/mol. The summed E-state index contributed by atoms with van der Waals surface area (Å²) in [5, 5.41) is 1.34. The topological polar surface area (TPSA) is 95.6 Å². The second-order valence-electron chi connectivity index (χ2n) is 6.94. The van der Waals surface area contributed by atoms with Crippen LogP contribution in [0.25, 0.3) is 0 Å². The molecule has 4 amide bonds. The lowest BCUT2D eigenvalue weighted by Gasteiger charge is -2.29. The Hall–Kier alpha value is -3.33. The van der Waals surface area contributed by atoms with Crippen molar-refractivity contribution >= 4 is 35.2 Å². The summed E-state index contributed by atoms with van der Waals surface area (Å²) in [4.78, 5) is 50.1. The molecule has 2 aromatic rings. The number of benzene rings is 2. The molecule has 0 radical (unpaired) electrons. The SMILES string of the molecule is [2H]c1cc(C([2H])([2H])N([2H])C(=O)C(F)(F)c2ccc(Cl)cc2)c([2H])c2c1C(=O)N(C1CCC(=O)NC1=O)C2([2H])[2H]. The fourth-order valence-corrected chi connectivity index (χ4v) is 3.29. The number of amides is 4. The van der Waals surface area contributed by atoms with Crippen molar-refractivity contribution in [3.05, 3.63) is 69.7 Å². The van der Waals surface area contributed by atoms with E-state index in [1.54, 1.807) is 0 Å². The van der Waals surface area contributed by atoms with Gasteiger partial charge in [0.2, 0.25) is 11.8 Å². The first kappa shape index (κ1) is 14.7. The molecule has 166 valence electrons. The Morgan fingerprint density at radius 1 is 1.34 bits per heavy atom. The molecule has 0 aliphatic carbocycles. The van der Waals surface area contributed by atoms with Gasteiger partial charge in [-0.1, -0.05) is 35.8 Å². The van der Waals surface area contributed by atoms with E-state index in [1.165, 1.54) is 0 Å². The van der Waals surface area contributed by atoms with Crippen molar-refractivity contribution in [3.63, 3.8) is 0 Å². The van der Waals surface area contributed by atoms with Gasteiger partial charge in [-0.2, -0.15) is 8.78 Å². The van der Waals surface area contributed by atoms with Crippen LogP contribution in [-0.2, 0) is 33.3 Å². The predicted molar refractivity (Wildman–Crippen MR) is 110 cm³/mol. The van der Waals surface area contributed by atoms with Gasteiger partial charge in [-0.25, -0.2) is 0 Å². The standard InChI is InChI=1S/C22H18ClF2N3O4/c23-15-4-2-14(3-5-15)22(24,25)21(32)26-10-12-1-6-16-13(9-12)11-28(20(16)31)17-7-8-18(29)27-19(17)30/h1-6,9,17H,7-8,10-11H2,(H,26,32)(H,27,29,30)/i6D,9D,10D2,11D2/hD. The first-order chi connectivity index (χ1) is 17.9. The molecule has 2 N–H and O–H groups in total. The average Bonchev–Trinajstić information content (AvgIpc) is 3.06. The molecule has 1 saturated heterocycles. The summed E-state index contributed by atoms with van der Waals surface area (Å²) < 4.78 is 88.0. The zero-order valence-corrected chi connectivity index (χ0v) is 16.8. The molecule has 4 rings (SSSR count). The molecule has 7 nitrogen and oxygen atoms in total. The number of carbonyl (C=O) groups is 4. The maximum absolute atomic E-state index is 14.9. The van der Waals surface area contributed by atoms with Crippen molar-refractivity contribution < 1.29 is 37.6 Å². The Balaban J connectivity index is 1.77. The lowest BCUT2D eigenvalue weighted by Crippen LogP contribution is -2.52. The van der Waals surface area contributed by atoms with E-state index in [-0.39, 0.29) is 17.9 Å². The second-order valence-corrected chi connectivity index (χ2v) is 7.38. The van der Waals surface area contributed by atoms with Gasteiger partial charge in [-0.05, 0) is 35.7 Å². The van der Waals surface area contributed by atoms with Crippen LogP contribution in [0.2, 0.25) is 6.43 Å². The minimum absolute atomic E-state index is 0.0789. The smallest absolute Gasteiger partial charge is 0.346 e. The monoisotopic (exact) mass is 468 g/mol. The molecule has 10 heteroatoms. The number of fused-ring (bicyclic) bond motifs is 1. The summed E-state index contributed by atoms with van der Waals surface area (Å²) in [6.45, 7) is -6.48. The predicted octanol–water partition coefficient (Wildman–Crippen LogP) is 2.51. The van der Waals surface area contributed by atoms with Gasteiger partial charge >= 0.3 is 5.92 Å². The highest BCUT2D eigenvalue weighted by Gasteiger charge is 2.41. The molecule has 0 spiro atoms. The maximum Gasteiger partial charge on any atom is 0.349 e. The zero-order chi connectivity index (χ0) is 29.2. The number of imide groups is 1. The van der Waals surface area contributed by atoms with Crippen molar-refractivity contribution in [2.24, 2.45) is 0 Å². The number of hydrogen-bond donors (Lipinski definition) is 2. The molecule has 0 saturated carbocycles. The first-order valence-corrected chi connectivity index (χ1v) is 9.61. The molecule has 2 aromatic carbocycles. The van der Waals surface area contributed by atoms with Crippen molar-refractivity contribution in [3.8, 4) is 0 Å². The summed E-state index contributed by atoms with van der Waals surface area (Å²) in [5.41, 5.74) is -3.42. The molecule has 32 heavy (non-hydrogen) atoms. The van der Waals surface area contributed by atoms with Crippen LogP contribution in [-0.4, -0.2) is 34.6 Å². The molecule has 2 aliphatic rings. The first-order valence-electron chi connectivity index (χ1n) is 12.7. The van der Waals surface area contributed by atoms with Crippen LogP contribution in [0.4, 0.5) is 8.78 Å². The number of hydrogen-bond acceptors (Lipinski definition) is 4. The Morgan fingerprint density at radius 3 is 2.75 bits per heavy atom. The molecular formula is C22H18ClF2N3O4. The largest absolute Gasteiger partial charge is 0.349 e. The fourth-order valence-electron chi connectivity index (χ4n) is 3.17. The molecule has 1 unspecified atom stereocenters. The van der Waals surface area contributed by atoms with Gasteiger partial charge in [0.15, 0.2) is 1.41 Å². The van der Waals surface area contributed by atoms with E-state index in [0.29, 0.717) is 11.0 Å². The van der Waals surface area contributed by atoms with Crippen LogP contribution < -0.4 is 10.6 Å². The number of nitrogens with one attached hydrogen (secondary N) is 2. The van der Waals surface area contributed by atoms with Crippen molar-refractivity contribution in [2.75, 3.05) is 0 Å². The van der Waals surface area contributed by atoms with Gasteiger partial charge in [0.1, 0.15) is 6.04 Å². The lowest BCUT2D eigenvalue weighted by molar-refractivity contribution is -0.147. The van der Waals surface area contributed by atoms with Crippen LogP contribution >= 0.6 is 11.6 Å². The maximum atomic E-state index is 14.9. The molecule has 2 aliphatic heterocycles. The number of carbonyl (C=O) groups excluding carboxylic acids is 4. The van der Waals surface area contributed by atoms with E-state index in [1.807, 2.05) is 5.32 Å². The van der Waals surface area contributed by atoms with Crippen LogP contribution in [0.1, 0.15) is 48.1 Å². The van der Waals surface area contributed by atoms with E-state index >= 15 is 0 Å². The summed E-state index contributed by atoms with van der Waals surface area (Å²) in [6.07, 6.45) is -0.480. The molecule has 0 bridgehead atoms. The van der Waals surface area contributed by atoms with E-state index < -0.39 is 88.2 Å².